The summed E-state index contributed by atoms with van der Waals surface area (Å²) in [7, 11) is 0.823. The molecule has 0 bridgehead atoms. The Labute approximate surface area is 405 Å². The van der Waals surface area contributed by atoms with E-state index in [9.17, 15) is 0 Å². The molecule has 0 spiro atoms. The second-order valence-electron chi connectivity index (χ2n) is 20.5. The molecule has 1 N–H and O–H groups in total. The quantitative estimate of drug-likeness (QED) is 0.170. The highest BCUT2D eigenvalue weighted by molar-refractivity contribution is 7.26. The van der Waals surface area contributed by atoms with Gasteiger partial charge in [-0.05, 0) is 110 Å². The van der Waals surface area contributed by atoms with Crippen LogP contribution in [0.1, 0.15) is 51.3 Å². The minimum atomic E-state index is -0.138. The molecule has 2 aliphatic rings. The Kier molecular flexibility index (Phi) is 8.47. The number of anilines is 2. The van der Waals surface area contributed by atoms with Gasteiger partial charge in [-0.2, -0.15) is 0 Å². The summed E-state index contributed by atoms with van der Waals surface area (Å²) in [5.41, 5.74) is 21.8. The van der Waals surface area contributed by atoms with Crippen molar-refractivity contribution >= 4 is 104 Å². The fraction of sp³-hybridized carbons (Fsp3) is 0.111. The fourth-order valence-electron chi connectivity index (χ4n) is 11.8. The molecule has 0 amide bonds. The van der Waals surface area contributed by atoms with Gasteiger partial charge in [-0.1, -0.05) is 167 Å². The van der Waals surface area contributed by atoms with Crippen molar-refractivity contribution in [3.05, 3.63) is 199 Å². The van der Waals surface area contributed by atoms with Gasteiger partial charge in [0.15, 0.2) is 7.28 Å². The van der Waals surface area contributed by atoms with Gasteiger partial charge >= 0.3 is 0 Å². The van der Waals surface area contributed by atoms with Crippen LogP contribution < -0.4 is 16.2 Å². The smallest absolute Gasteiger partial charge is 0.198 e. The highest BCUT2D eigenvalue weighted by Crippen LogP contribution is 2.53. The van der Waals surface area contributed by atoms with Crippen molar-refractivity contribution in [1.82, 2.24) is 4.57 Å². The van der Waals surface area contributed by atoms with Gasteiger partial charge in [0.2, 0.25) is 0 Å². The summed E-state index contributed by atoms with van der Waals surface area (Å²) in [5, 5.41) is 10.6. The number of hydrogen-bond acceptors (Lipinski definition) is 3. The Morgan fingerprint density at radius 1 is 0.515 bits per heavy atom. The van der Waals surface area contributed by atoms with Gasteiger partial charge in [0.1, 0.15) is 0 Å². The maximum atomic E-state index is 4.02. The van der Waals surface area contributed by atoms with Crippen molar-refractivity contribution in [2.24, 2.45) is 0 Å². The zero-order valence-corrected chi connectivity index (χ0v) is 40.4. The highest BCUT2D eigenvalue weighted by Gasteiger charge is 2.37. The summed E-state index contributed by atoms with van der Waals surface area (Å²) in [4.78, 5) is 1.31. The van der Waals surface area contributed by atoms with E-state index in [1.165, 1.54) is 129 Å². The van der Waals surface area contributed by atoms with E-state index >= 15 is 0 Å². The third kappa shape index (κ3) is 5.82. The van der Waals surface area contributed by atoms with Crippen LogP contribution in [0, 0.1) is 0 Å². The van der Waals surface area contributed by atoms with Crippen LogP contribution in [0.15, 0.2) is 182 Å². The first-order valence-corrected chi connectivity index (χ1v) is 25.5. The van der Waals surface area contributed by atoms with Gasteiger partial charge in [-0.3, -0.25) is 0 Å². The lowest BCUT2D eigenvalue weighted by molar-refractivity contribution is 0.590. The standard InChI is InChI=1S/C63H47BN2S2/c1-62(2,3)38-24-26-39(27-25-38)65-52-33-50-44(40-20-12-14-22-49(40)63(50,4)5)30-45(52)42-28-29-43-46-31-47-41-21-13-15-23-55(41)67-57(47)35-53(46)66-54-32-48-56(34-51(54)64-59(42)60(43)66)68-61(37-18-10-7-11-19-37)58(48)36-16-8-6-9-17-36/h6-35,64-65H,1-5H3. The molecule has 1 aliphatic carbocycles. The average Bonchev–Trinajstić information content (AvgIpc) is 4.07. The minimum Gasteiger partial charge on any atom is -0.355 e. The van der Waals surface area contributed by atoms with Crippen molar-refractivity contribution in [3.8, 4) is 49.5 Å². The number of aromatic nitrogens is 1. The average molecular weight is 907 g/mol. The SMILES string of the molecule is CC(C)(C)c1ccc(Nc2cc3c(cc2-c2ccc4c5cc6c(cc5n5c4c2Bc2cc4sc(-c7ccccc7)c(-c7ccccc7)c4cc2-5)sc2ccccc26)-c2ccccc2C3(C)C)cc1. The molecule has 68 heavy (non-hydrogen) atoms. The van der Waals surface area contributed by atoms with Gasteiger partial charge < -0.3 is 9.88 Å². The molecule has 2 nitrogen and oxygen atoms in total. The molecule has 0 unspecified atom stereocenters. The molecule has 324 valence electrons. The second kappa shape index (κ2) is 14.4. The van der Waals surface area contributed by atoms with E-state index in [1.807, 2.05) is 22.7 Å². The number of hydrogen-bond donors (Lipinski definition) is 1. The lowest BCUT2D eigenvalue weighted by Crippen LogP contribution is -2.37. The lowest BCUT2D eigenvalue weighted by Gasteiger charge is -2.26. The fourth-order valence-corrected chi connectivity index (χ4v) is 14.2. The molecule has 4 heterocycles. The number of fused-ring (bicyclic) bond motifs is 12. The normalized spacial score (nSPS) is 13.6. The van der Waals surface area contributed by atoms with Crippen LogP contribution in [0.4, 0.5) is 11.4 Å². The van der Waals surface area contributed by atoms with Gasteiger partial charge in [0, 0.05) is 85.0 Å². The second-order valence-corrected chi connectivity index (χ2v) is 22.7. The largest absolute Gasteiger partial charge is 0.355 e. The van der Waals surface area contributed by atoms with Crippen molar-refractivity contribution in [2.45, 2.75) is 45.4 Å². The Hall–Kier alpha value is -7.18. The Morgan fingerprint density at radius 3 is 2.03 bits per heavy atom. The monoisotopic (exact) mass is 906 g/mol. The summed E-state index contributed by atoms with van der Waals surface area (Å²) in [5.74, 6) is 0. The van der Waals surface area contributed by atoms with E-state index < -0.39 is 0 Å². The first-order valence-electron chi connectivity index (χ1n) is 23.9. The first-order chi connectivity index (χ1) is 33.1. The Morgan fingerprint density at radius 2 is 1.24 bits per heavy atom. The lowest BCUT2D eigenvalue weighted by atomic mass is 9.59. The molecule has 0 fully saturated rings. The summed E-state index contributed by atoms with van der Waals surface area (Å²) >= 11 is 3.83. The molecule has 5 heteroatoms. The van der Waals surface area contributed by atoms with E-state index in [0.717, 1.165) is 18.7 Å². The van der Waals surface area contributed by atoms with Crippen LogP contribution >= 0.6 is 22.7 Å². The molecular formula is C63H47BN2S2. The first kappa shape index (κ1) is 39.9. The summed E-state index contributed by atoms with van der Waals surface area (Å²) < 4.78 is 6.62. The number of nitrogens with one attached hydrogen (secondary N) is 1. The van der Waals surface area contributed by atoms with E-state index in [2.05, 4.69) is 226 Å². The zero-order chi connectivity index (χ0) is 45.6. The van der Waals surface area contributed by atoms with Crippen molar-refractivity contribution in [2.75, 3.05) is 5.32 Å². The number of nitrogens with zero attached hydrogens (tertiary/aromatic N) is 1. The third-order valence-corrected chi connectivity index (χ3v) is 17.5. The van der Waals surface area contributed by atoms with Crippen LogP contribution in [0.25, 0.3) is 102 Å². The molecule has 1 aliphatic heterocycles. The van der Waals surface area contributed by atoms with E-state index in [0.29, 0.717) is 0 Å². The predicted molar refractivity (Wildman–Crippen MR) is 298 cm³/mol. The molecule has 0 atom stereocenters. The molecule has 12 aromatic rings. The van der Waals surface area contributed by atoms with Gasteiger partial charge in [0.05, 0.1) is 5.52 Å². The maximum absolute atomic E-state index is 4.02. The van der Waals surface area contributed by atoms with Gasteiger partial charge in [-0.15, -0.1) is 22.7 Å². The van der Waals surface area contributed by atoms with Crippen LogP contribution in [0.5, 0.6) is 0 Å². The number of benzene rings is 9. The van der Waals surface area contributed by atoms with Gasteiger partial charge in [-0.25, -0.2) is 0 Å². The molecular weight excluding hydrogens is 860 g/mol. The molecule has 0 saturated carbocycles. The molecule has 0 saturated heterocycles. The predicted octanol–water partition coefficient (Wildman–Crippen LogP) is 16.4. The van der Waals surface area contributed by atoms with Crippen molar-refractivity contribution in [1.29, 1.82) is 0 Å². The number of rotatable bonds is 5. The highest BCUT2D eigenvalue weighted by atomic mass is 32.1. The third-order valence-electron chi connectivity index (χ3n) is 15.2. The number of thiophene rings is 2. The van der Waals surface area contributed by atoms with Crippen LogP contribution in [0.2, 0.25) is 0 Å². The van der Waals surface area contributed by atoms with E-state index in [-0.39, 0.29) is 10.8 Å². The minimum absolute atomic E-state index is 0.0724. The summed E-state index contributed by atoms with van der Waals surface area (Å²) in [6, 6.07) is 68.9. The molecule has 14 rings (SSSR count). The van der Waals surface area contributed by atoms with Crippen molar-refractivity contribution < 1.29 is 0 Å². The Balaban J connectivity index is 1.06. The molecule has 9 aromatic carbocycles. The molecule has 0 radical (unpaired) electrons. The van der Waals surface area contributed by atoms with Gasteiger partial charge in [0.25, 0.3) is 0 Å². The van der Waals surface area contributed by atoms with Crippen LogP contribution in [0.3, 0.4) is 0 Å². The maximum Gasteiger partial charge on any atom is 0.198 e. The van der Waals surface area contributed by atoms with E-state index in [1.54, 1.807) is 0 Å². The Bertz CT molecular complexity index is 4070. The summed E-state index contributed by atoms with van der Waals surface area (Å²) in [6.07, 6.45) is 0. The zero-order valence-electron chi connectivity index (χ0n) is 38.8. The van der Waals surface area contributed by atoms with Crippen molar-refractivity contribution in [3.63, 3.8) is 0 Å². The summed E-state index contributed by atoms with van der Waals surface area (Å²) in [6.45, 7) is 11.6. The topological polar surface area (TPSA) is 17.0 Å². The van der Waals surface area contributed by atoms with Crippen LogP contribution in [-0.4, -0.2) is 11.8 Å². The van der Waals surface area contributed by atoms with Crippen LogP contribution in [-0.2, 0) is 10.8 Å². The molecule has 3 aromatic heterocycles. The van der Waals surface area contributed by atoms with E-state index in [4.69, 9.17) is 0 Å².